The maximum atomic E-state index is 2.61. The maximum Gasteiger partial charge on any atom is 0.0465 e. The van der Waals surface area contributed by atoms with Gasteiger partial charge in [0.15, 0.2) is 0 Å². The number of hydrogen-bond acceptors (Lipinski definition) is 2. The summed E-state index contributed by atoms with van der Waals surface area (Å²) in [4.78, 5) is 4.91. The minimum absolute atomic E-state index is 0.0455. The van der Waals surface area contributed by atoms with Crippen LogP contribution in [-0.2, 0) is 16.2 Å². The summed E-state index contributed by atoms with van der Waals surface area (Å²) in [6.07, 6.45) is 19.5. The van der Waals surface area contributed by atoms with Crippen LogP contribution < -0.4 is 9.80 Å². The molecule has 0 saturated carbocycles. The van der Waals surface area contributed by atoms with Gasteiger partial charge in [-0.15, -0.1) is 0 Å². The number of nitrogens with zero attached hydrogens (tertiary/aromatic N) is 2. The summed E-state index contributed by atoms with van der Waals surface area (Å²) < 4.78 is 0. The molecule has 0 saturated heterocycles. The van der Waals surface area contributed by atoms with Crippen LogP contribution in [0.5, 0.6) is 0 Å². The molecule has 91 heavy (non-hydrogen) atoms. The first-order valence-corrected chi connectivity index (χ1v) is 35.0. The van der Waals surface area contributed by atoms with Crippen LogP contribution in [0.2, 0.25) is 0 Å². The van der Waals surface area contributed by atoms with Crippen molar-refractivity contribution in [3.63, 3.8) is 0 Å². The molecule has 0 amide bonds. The lowest BCUT2D eigenvalue weighted by Crippen LogP contribution is -2.25. The highest BCUT2D eigenvalue weighted by atomic mass is 15.1. The summed E-state index contributed by atoms with van der Waals surface area (Å²) in [5.41, 5.74) is 32.5. The van der Waals surface area contributed by atoms with E-state index in [9.17, 15) is 0 Å². The molecular weight excluding hydrogens is 1100 g/mol. The maximum absolute atomic E-state index is 2.61. The molecular formula is C89H96N2. The number of aryl methyl sites for hydroxylation is 2. The SMILES string of the molecule is CCCCCCCCC1(CCCCCCCC)c2ccccc2-c2ccc(-c3ccc(N(c4ccc(C)cc4)c4ccc5c(c4)C(C)(C)c4cc(N(c6ccc(C)cc6)c6ccc(-c7ccc8c(c7)C(C)(C)c7cc(C(C)CC)ccc7-8)cc6)ccc4-5)cc3)cc21. The molecule has 0 aliphatic heterocycles. The van der Waals surface area contributed by atoms with Crippen molar-refractivity contribution in [3.05, 3.63) is 262 Å². The zero-order chi connectivity index (χ0) is 63.0. The summed E-state index contributed by atoms with van der Waals surface area (Å²) >= 11 is 0. The molecule has 2 heteroatoms. The molecule has 10 aromatic rings. The molecule has 0 radical (unpaired) electrons. The van der Waals surface area contributed by atoms with Gasteiger partial charge in [-0.25, -0.2) is 0 Å². The summed E-state index contributed by atoms with van der Waals surface area (Å²) in [5.74, 6) is 0.548. The fourth-order valence-corrected chi connectivity index (χ4v) is 16.1. The van der Waals surface area contributed by atoms with Crippen molar-refractivity contribution in [2.75, 3.05) is 9.80 Å². The summed E-state index contributed by atoms with van der Waals surface area (Å²) in [5, 5.41) is 0. The van der Waals surface area contributed by atoms with Crippen LogP contribution in [-0.4, -0.2) is 0 Å². The zero-order valence-electron chi connectivity index (χ0n) is 56.3. The third-order valence-corrected chi connectivity index (χ3v) is 21.7. The first-order valence-electron chi connectivity index (χ1n) is 35.0. The van der Waals surface area contributed by atoms with E-state index in [2.05, 4.69) is 291 Å². The third-order valence-electron chi connectivity index (χ3n) is 21.7. The quantitative estimate of drug-likeness (QED) is 0.0557. The van der Waals surface area contributed by atoms with Crippen LogP contribution in [0.15, 0.2) is 212 Å². The second-order valence-electron chi connectivity index (χ2n) is 28.4. The van der Waals surface area contributed by atoms with Crippen LogP contribution in [0.4, 0.5) is 34.1 Å². The Balaban J connectivity index is 0.801. The number of anilines is 6. The Bertz CT molecular complexity index is 4200. The molecule has 0 fully saturated rings. The van der Waals surface area contributed by atoms with Gasteiger partial charge in [-0.3, -0.25) is 0 Å². The third kappa shape index (κ3) is 11.6. The van der Waals surface area contributed by atoms with Crippen LogP contribution >= 0.6 is 0 Å². The summed E-state index contributed by atoms with van der Waals surface area (Å²) in [6, 6.07) is 82.5. The van der Waals surface area contributed by atoms with E-state index >= 15 is 0 Å². The van der Waals surface area contributed by atoms with E-state index in [1.165, 1.54) is 184 Å². The van der Waals surface area contributed by atoms with Crippen molar-refractivity contribution >= 4 is 34.1 Å². The summed E-state index contributed by atoms with van der Waals surface area (Å²) in [6.45, 7) is 23.3. The molecule has 0 heterocycles. The van der Waals surface area contributed by atoms with Gasteiger partial charge in [0.05, 0.1) is 0 Å². The normalized spacial score (nSPS) is 14.5. The number of fused-ring (bicyclic) bond motifs is 9. The van der Waals surface area contributed by atoms with E-state index in [1.807, 2.05) is 0 Å². The van der Waals surface area contributed by atoms with Crippen molar-refractivity contribution in [1.82, 2.24) is 0 Å². The topological polar surface area (TPSA) is 6.48 Å². The highest BCUT2D eigenvalue weighted by molar-refractivity contribution is 5.90. The lowest BCUT2D eigenvalue weighted by Gasteiger charge is -2.33. The van der Waals surface area contributed by atoms with Crippen molar-refractivity contribution in [3.8, 4) is 55.6 Å². The Morgan fingerprint density at radius 2 is 0.648 bits per heavy atom. The van der Waals surface area contributed by atoms with Gasteiger partial charge in [0, 0.05) is 50.4 Å². The largest absolute Gasteiger partial charge is 0.310 e. The van der Waals surface area contributed by atoms with Gasteiger partial charge < -0.3 is 9.80 Å². The Morgan fingerprint density at radius 1 is 0.308 bits per heavy atom. The summed E-state index contributed by atoms with van der Waals surface area (Å²) in [7, 11) is 0. The Labute approximate surface area is 546 Å². The average Bonchev–Trinajstić information content (AvgIpc) is 1.65. The molecule has 2 nitrogen and oxygen atoms in total. The minimum Gasteiger partial charge on any atom is -0.310 e. The zero-order valence-corrected chi connectivity index (χ0v) is 56.3. The van der Waals surface area contributed by atoms with Crippen LogP contribution in [0.25, 0.3) is 55.6 Å². The number of benzene rings is 10. The second kappa shape index (κ2) is 25.8. The van der Waals surface area contributed by atoms with E-state index < -0.39 is 0 Å². The molecule has 3 aliphatic rings. The van der Waals surface area contributed by atoms with Gasteiger partial charge in [0.25, 0.3) is 0 Å². The van der Waals surface area contributed by atoms with E-state index in [4.69, 9.17) is 0 Å². The van der Waals surface area contributed by atoms with Gasteiger partial charge >= 0.3 is 0 Å². The fourth-order valence-electron chi connectivity index (χ4n) is 16.1. The molecule has 1 unspecified atom stereocenters. The van der Waals surface area contributed by atoms with Gasteiger partial charge in [0.1, 0.15) is 0 Å². The molecule has 0 spiro atoms. The highest BCUT2D eigenvalue weighted by Crippen LogP contribution is 2.57. The molecule has 0 aromatic heterocycles. The van der Waals surface area contributed by atoms with Crippen LogP contribution in [0, 0.1) is 13.8 Å². The molecule has 1 atom stereocenters. The molecule has 13 rings (SSSR count). The van der Waals surface area contributed by atoms with E-state index in [1.54, 1.807) is 11.1 Å². The first-order chi connectivity index (χ1) is 44.2. The van der Waals surface area contributed by atoms with Gasteiger partial charge in [-0.1, -0.05) is 271 Å². The number of hydrogen-bond donors (Lipinski definition) is 0. The number of rotatable bonds is 24. The first kappa shape index (κ1) is 61.6. The standard InChI is InChI=1S/C89H96N2/c1-11-14-16-18-20-24-54-89(55-25-21-19-17-15-12-2)81-27-23-22-26-75(81)80-51-38-68(58-86(80)89)65-34-45-72(46-35-65)91(70-41-30-62(5)31-42-70)74-48-53-79-78-52-47-73(59-84(78)88(9,10)85(79)60-74)90(69-39-28-61(4)29-40-69)71-43-32-64(33-44-71)67-37-50-77-76-49-36-66(63(6)13-3)56-82(76)87(7,8)83(77)57-67/h22-23,26-53,56-60,63H,11-21,24-25,54-55H2,1-10H3. The number of unbranched alkanes of at least 4 members (excludes halogenated alkanes) is 10. The van der Waals surface area contributed by atoms with Crippen LogP contribution in [0.1, 0.15) is 208 Å². The van der Waals surface area contributed by atoms with Crippen molar-refractivity contribution in [1.29, 1.82) is 0 Å². The van der Waals surface area contributed by atoms with Crippen LogP contribution in [0.3, 0.4) is 0 Å². The van der Waals surface area contributed by atoms with Crippen molar-refractivity contribution in [2.45, 2.75) is 188 Å². The predicted molar refractivity (Wildman–Crippen MR) is 392 cm³/mol. The van der Waals surface area contributed by atoms with Crippen molar-refractivity contribution in [2.24, 2.45) is 0 Å². The smallest absolute Gasteiger partial charge is 0.0465 e. The Kier molecular flexibility index (Phi) is 17.5. The fraction of sp³-hybridized carbons (Fsp3) is 0.326. The molecule has 0 N–H and O–H groups in total. The van der Waals surface area contributed by atoms with E-state index in [0.717, 1.165) is 40.5 Å². The second-order valence-corrected chi connectivity index (χ2v) is 28.4. The Morgan fingerprint density at radius 3 is 1.11 bits per heavy atom. The van der Waals surface area contributed by atoms with Crippen molar-refractivity contribution < 1.29 is 0 Å². The molecule has 0 bridgehead atoms. The predicted octanol–water partition coefficient (Wildman–Crippen LogP) is 26.5. The average molecular weight is 1190 g/mol. The lowest BCUT2D eigenvalue weighted by molar-refractivity contribution is 0.398. The van der Waals surface area contributed by atoms with E-state index in [-0.39, 0.29) is 16.2 Å². The monoisotopic (exact) mass is 1190 g/mol. The van der Waals surface area contributed by atoms with Gasteiger partial charge in [0.2, 0.25) is 0 Å². The van der Waals surface area contributed by atoms with Gasteiger partial charge in [-0.05, 0) is 219 Å². The highest BCUT2D eigenvalue weighted by Gasteiger charge is 2.43. The molecule has 10 aromatic carbocycles. The van der Waals surface area contributed by atoms with Gasteiger partial charge in [-0.2, -0.15) is 0 Å². The minimum atomic E-state index is -0.272. The molecule has 462 valence electrons. The van der Waals surface area contributed by atoms with E-state index in [0.29, 0.717) is 5.92 Å². The Hall–Kier alpha value is -8.20. The lowest BCUT2D eigenvalue weighted by atomic mass is 9.70. The molecule has 3 aliphatic carbocycles.